The Labute approximate surface area is 185 Å². The number of benzene rings is 1. The monoisotopic (exact) mass is 427 g/mol. The molecule has 160 valence electrons. The first kappa shape index (κ1) is 19.6. The third-order valence-corrected chi connectivity index (χ3v) is 4.90. The zero-order valence-electron chi connectivity index (χ0n) is 17.2. The Morgan fingerprint density at radius 2 is 1.94 bits per heavy atom. The van der Waals surface area contributed by atoms with Crippen LogP contribution in [0.1, 0.15) is 18.5 Å². The molecule has 0 amide bonds. The van der Waals surface area contributed by atoms with E-state index >= 15 is 0 Å². The van der Waals surface area contributed by atoms with Crippen molar-refractivity contribution in [2.24, 2.45) is 0 Å². The molecule has 5 rings (SSSR count). The Bertz CT molecular complexity index is 1210. The number of allylic oxidation sites excluding steroid dienone is 4. The molecular formula is C24H21N5O3. The van der Waals surface area contributed by atoms with Crippen molar-refractivity contribution >= 4 is 11.7 Å². The molecule has 0 fully saturated rings. The van der Waals surface area contributed by atoms with Gasteiger partial charge in [-0.25, -0.2) is 0 Å². The molecule has 2 aliphatic rings. The fourth-order valence-electron chi connectivity index (χ4n) is 3.33. The minimum absolute atomic E-state index is 0.202. The molecule has 8 heteroatoms. The second-order valence-corrected chi connectivity index (χ2v) is 7.12. The topological polar surface area (TPSA) is 94.3 Å². The Morgan fingerprint density at radius 1 is 1.00 bits per heavy atom. The van der Waals surface area contributed by atoms with Crippen molar-refractivity contribution in [3.8, 4) is 11.5 Å². The van der Waals surface area contributed by atoms with Crippen LogP contribution in [0.5, 0.6) is 0 Å². The molecule has 1 aromatic carbocycles. The van der Waals surface area contributed by atoms with Gasteiger partial charge in [-0.2, -0.15) is 0 Å². The fraction of sp³-hybridized carbons (Fsp3) is 0.125. The highest BCUT2D eigenvalue weighted by Gasteiger charge is 2.18. The molecule has 0 radical (unpaired) electrons. The van der Waals surface area contributed by atoms with Gasteiger partial charge in [0, 0.05) is 11.9 Å². The smallest absolute Gasteiger partial charge is 0.322 e. The number of anilines is 2. The summed E-state index contributed by atoms with van der Waals surface area (Å²) in [7, 11) is 0. The molecule has 0 unspecified atom stereocenters. The molecule has 0 saturated heterocycles. The van der Waals surface area contributed by atoms with Gasteiger partial charge in [0.05, 0.1) is 17.8 Å². The quantitative estimate of drug-likeness (QED) is 0.537. The third kappa shape index (κ3) is 4.54. The maximum Gasteiger partial charge on any atom is 0.322 e. The minimum Gasteiger partial charge on any atom is -0.463 e. The van der Waals surface area contributed by atoms with Gasteiger partial charge in [-0.1, -0.05) is 41.5 Å². The molecule has 2 N–H and O–H groups in total. The summed E-state index contributed by atoms with van der Waals surface area (Å²) < 4.78 is 17.2. The summed E-state index contributed by atoms with van der Waals surface area (Å²) >= 11 is 0. The second kappa shape index (κ2) is 9.22. The SMILES string of the molecule is C1=CCCC(C2=COC=C(Nc3nnc(-c4ccccc4NCc4ccccn4)o3)O2)=C1. The lowest BCUT2D eigenvalue weighted by Crippen LogP contribution is -2.10. The van der Waals surface area contributed by atoms with Crippen LogP contribution in [0.2, 0.25) is 0 Å². The highest BCUT2D eigenvalue weighted by Crippen LogP contribution is 2.30. The van der Waals surface area contributed by atoms with Gasteiger partial charge in [0.2, 0.25) is 5.88 Å². The van der Waals surface area contributed by atoms with Crippen molar-refractivity contribution in [2.45, 2.75) is 19.4 Å². The van der Waals surface area contributed by atoms with Crippen LogP contribution < -0.4 is 10.6 Å². The molecule has 0 spiro atoms. The highest BCUT2D eigenvalue weighted by molar-refractivity contribution is 5.72. The average Bonchev–Trinajstić information content (AvgIpc) is 3.32. The number of rotatable bonds is 7. The Kier molecular flexibility index (Phi) is 5.65. The van der Waals surface area contributed by atoms with E-state index < -0.39 is 0 Å². The van der Waals surface area contributed by atoms with Gasteiger partial charge in [-0.3, -0.25) is 10.3 Å². The molecule has 32 heavy (non-hydrogen) atoms. The van der Waals surface area contributed by atoms with Crippen LogP contribution >= 0.6 is 0 Å². The van der Waals surface area contributed by atoms with E-state index in [1.807, 2.05) is 54.6 Å². The number of ether oxygens (including phenoxy) is 2. The van der Waals surface area contributed by atoms with Crippen LogP contribution in [0.4, 0.5) is 11.7 Å². The van der Waals surface area contributed by atoms with Gasteiger partial charge in [0.1, 0.15) is 6.26 Å². The van der Waals surface area contributed by atoms with Crippen LogP contribution in [0.15, 0.2) is 101 Å². The number of nitrogens with one attached hydrogen (secondary N) is 2. The van der Waals surface area contributed by atoms with Gasteiger partial charge < -0.3 is 19.2 Å². The van der Waals surface area contributed by atoms with Gasteiger partial charge in [-0.05, 0) is 42.7 Å². The normalized spacial score (nSPS) is 15.1. The summed E-state index contributed by atoms with van der Waals surface area (Å²) in [6.45, 7) is 0.579. The van der Waals surface area contributed by atoms with Crippen molar-refractivity contribution in [2.75, 3.05) is 10.6 Å². The molecule has 0 saturated carbocycles. The number of aromatic nitrogens is 3. The van der Waals surface area contributed by atoms with Crippen molar-refractivity contribution in [1.29, 1.82) is 0 Å². The molecule has 0 bridgehead atoms. The number of hydrogen-bond donors (Lipinski definition) is 2. The minimum atomic E-state index is 0.202. The summed E-state index contributed by atoms with van der Waals surface area (Å²) in [6, 6.07) is 13.8. The number of pyridine rings is 1. The molecule has 1 aliphatic carbocycles. The van der Waals surface area contributed by atoms with Crippen molar-refractivity contribution in [3.05, 3.63) is 102 Å². The van der Waals surface area contributed by atoms with Crippen molar-refractivity contribution in [3.63, 3.8) is 0 Å². The average molecular weight is 427 g/mol. The first-order chi connectivity index (χ1) is 15.8. The lowest BCUT2D eigenvalue weighted by Gasteiger charge is -2.18. The maximum atomic E-state index is 5.89. The summed E-state index contributed by atoms with van der Waals surface area (Å²) in [5.74, 6) is 1.41. The van der Waals surface area contributed by atoms with E-state index in [1.54, 1.807) is 12.5 Å². The van der Waals surface area contributed by atoms with Gasteiger partial charge in [0.25, 0.3) is 5.89 Å². The first-order valence-electron chi connectivity index (χ1n) is 10.3. The zero-order chi connectivity index (χ0) is 21.6. The molecule has 8 nitrogen and oxygen atoms in total. The summed E-state index contributed by atoms with van der Waals surface area (Å²) in [5, 5.41) is 14.6. The molecular weight excluding hydrogens is 406 g/mol. The lowest BCUT2D eigenvalue weighted by molar-refractivity contribution is 0.232. The van der Waals surface area contributed by atoms with Crippen molar-refractivity contribution < 1.29 is 13.9 Å². The molecule has 2 aromatic heterocycles. The molecule has 3 aromatic rings. The van der Waals surface area contributed by atoms with E-state index in [9.17, 15) is 0 Å². The van der Waals surface area contributed by atoms with Crippen LogP contribution in [-0.4, -0.2) is 15.2 Å². The van der Waals surface area contributed by atoms with Crippen LogP contribution in [0.25, 0.3) is 11.5 Å². The molecule has 1 aliphatic heterocycles. The molecule has 0 atom stereocenters. The Balaban J connectivity index is 1.27. The second-order valence-electron chi connectivity index (χ2n) is 7.12. The summed E-state index contributed by atoms with van der Waals surface area (Å²) in [6.07, 6.45) is 12.8. The largest absolute Gasteiger partial charge is 0.463 e. The standard InChI is InChI=1S/C24H21N5O3/c1-2-8-17(9-3-1)21-15-30-16-22(31-21)27-24-29-28-23(32-24)19-11-4-5-12-20(19)26-14-18-10-6-7-13-25-18/h1-2,4-8,10-13,15-16,26H,3,9,14H2,(H,27,29). The van der Waals surface area contributed by atoms with E-state index in [0.717, 1.165) is 35.4 Å². The third-order valence-electron chi connectivity index (χ3n) is 4.90. The summed E-state index contributed by atoms with van der Waals surface area (Å²) in [4.78, 5) is 4.34. The number of hydrogen-bond acceptors (Lipinski definition) is 8. The van der Waals surface area contributed by atoms with E-state index in [4.69, 9.17) is 13.9 Å². The Hall–Kier alpha value is -4.33. The number of para-hydroxylation sites is 1. The number of nitrogens with zero attached hydrogens (tertiary/aromatic N) is 3. The highest BCUT2D eigenvalue weighted by atomic mass is 16.6. The van der Waals surface area contributed by atoms with Crippen molar-refractivity contribution in [1.82, 2.24) is 15.2 Å². The van der Waals surface area contributed by atoms with Crippen LogP contribution in [0, 0.1) is 0 Å². The first-order valence-corrected chi connectivity index (χ1v) is 10.3. The van der Waals surface area contributed by atoms with E-state index in [1.165, 1.54) is 6.26 Å². The predicted molar refractivity (Wildman–Crippen MR) is 120 cm³/mol. The van der Waals surface area contributed by atoms with E-state index in [0.29, 0.717) is 24.1 Å². The van der Waals surface area contributed by atoms with Gasteiger partial charge >= 0.3 is 6.01 Å². The Morgan fingerprint density at radius 3 is 2.81 bits per heavy atom. The summed E-state index contributed by atoms with van der Waals surface area (Å²) in [5.41, 5.74) is 3.66. The molecule has 3 heterocycles. The predicted octanol–water partition coefficient (Wildman–Crippen LogP) is 5.12. The van der Waals surface area contributed by atoms with Gasteiger partial charge in [-0.15, -0.1) is 5.10 Å². The van der Waals surface area contributed by atoms with E-state index in [-0.39, 0.29) is 6.01 Å². The zero-order valence-corrected chi connectivity index (χ0v) is 17.2. The van der Waals surface area contributed by atoms with E-state index in [2.05, 4.69) is 31.9 Å². The maximum absolute atomic E-state index is 5.89. The van der Waals surface area contributed by atoms with Crippen LogP contribution in [-0.2, 0) is 16.0 Å². The van der Waals surface area contributed by atoms with Crippen LogP contribution in [0.3, 0.4) is 0 Å². The lowest BCUT2D eigenvalue weighted by atomic mass is 10.0. The fourth-order valence-corrected chi connectivity index (χ4v) is 3.33. The van der Waals surface area contributed by atoms with Gasteiger partial charge in [0.15, 0.2) is 12.0 Å².